The van der Waals surface area contributed by atoms with E-state index in [1.54, 1.807) is 19.1 Å². The normalized spacial score (nSPS) is 14.3. The monoisotopic (exact) mass is 355 g/mol. The standard InChI is InChI=1S/C17H19F2NO3S/c1-17(23-2,14-8-4-6-10-16(14)19)12-20-24(21,22)11-13-7-3-5-9-15(13)18/h3-10,20H,11-12H2,1-2H3. The van der Waals surface area contributed by atoms with Gasteiger partial charge in [-0.25, -0.2) is 21.9 Å². The first kappa shape index (κ1) is 18.5. The lowest BCUT2D eigenvalue weighted by Crippen LogP contribution is -2.41. The van der Waals surface area contributed by atoms with Crippen LogP contribution in [-0.4, -0.2) is 22.1 Å². The largest absolute Gasteiger partial charge is 0.372 e. The number of methoxy groups -OCH3 is 1. The van der Waals surface area contributed by atoms with Crippen molar-refractivity contribution in [3.05, 3.63) is 71.3 Å². The molecule has 1 unspecified atom stereocenters. The number of halogens is 2. The fourth-order valence-electron chi connectivity index (χ4n) is 2.29. The minimum Gasteiger partial charge on any atom is -0.372 e. The maximum absolute atomic E-state index is 14.0. The van der Waals surface area contributed by atoms with E-state index in [-0.39, 0.29) is 17.7 Å². The highest BCUT2D eigenvalue weighted by Gasteiger charge is 2.31. The molecule has 0 bridgehead atoms. The highest BCUT2D eigenvalue weighted by molar-refractivity contribution is 7.88. The Hall–Kier alpha value is -1.83. The van der Waals surface area contributed by atoms with E-state index in [0.29, 0.717) is 0 Å². The summed E-state index contributed by atoms with van der Waals surface area (Å²) in [6.07, 6.45) is 0. The molecule has 2 aromatic rings. The molecule has 0 radical (unpaired) electrons. The number of sulfonamides is 1. The van der Waals surface area contributed by atoms with Gasteiger partial charge in [-0.05, 0) is 19.1 Å². The molecule has 0 amide bonds. The second-order valence-corrected chi connectivity index (χ2v) is 7.39. The minimum absolute atomic E-state index is 0.0648. The molecule has 7 heteroatoms. The Balaban J connectivity index is 2.15. The predicted molar refractivity (Wildman–Crippen MR) is 87.8 cm³/mol. The Morgan fingerprint density at radius 3 is 2.21 bits per heavy atom. The lowest BCUT2D eigenvalue weighted by Gasteiger charge is -2.29. The summed E-state index contributed by atoms with van der Waals surface area (Å²) < 4.78 is 59.7. The summed E-state index contributed by atoms with van der Waals surface area (Å²) in [5.41, 5.74) is -0.885. The molecule has 0 aliphatic rings. The third-order valence-electron chi connectivity index (χ3n) is 3.83. The molecule has 0 fully saturated rings. The van der Waals surface area contributed by atoms with E-state index in [2.05, 4.69) is 4.72 Å². The lowest BCUT2D eigenvalue weighted by atomic mass is 9.95. The quantitative estimate of drug-likeness (QED) is 0.831. The predicted octanol–water partition coefficient (Wildman–Crippen LogP) is 2.95. The maximum atomic E-state index is 14.0. The van der Waals surface area contributed by atoms with Crippen LogP contribution in [0.1, 0.15) is 18.1 Å². The van der Waals surface area contributed by atoms with Gasteiger partial charge in [0.15, 0.2) is 0 Å². The zero-order valence-electron chi connectivity index (χ0n) is 13.4. The molecule has 0 saturated carbocycles. The van der Waals surface area contributed by atoms with Gasteiger partial charge in [-0.1, -0.05) is 36.4 Å². The highest BCUT2D eigenvalue weighted by atomic mass is 32.2. The summed E-state index contributed by atoms with van der Waals surface area (Å²) in [6.45, 7) is 1.40. The molecule has 2 aromatic carbocycles. The molecule has 1 atom stereocenters. The fraction of sp³-hybridized carbons (Fsp3) is 0.294. The van der Waals surface area contributed by atoms with Crippen molar-refractivity contribution in [2.75, 3.05) is 13.7 Å². The van der Waals surface area contributed by atoms with Crippen LogP contribution in [0.2, 0.25) is 0 Å². The fourth-order valence-corrected chi connectivity index (χ4v) is 3.53. The van der Waals surface area contributed by atoms with E-state index in [4.69, 9.17) is 4.74 Å². The zero-order chi connectivity index (χ0) is 17.8. The van der Waals surface area contributed by atoms with Gasteiger partial charge >= 0.3 is 0 Å². The molecule has 0 aliphatic heterocycles. The van der Waals surface area contributed by atoms with Gasteiger partial charge in [-0.15, -0.1) is 0 Å². The Morgan fingerprint density at radius 1 is 1.04 bits per heavy atom. The topological polar surface area (TPSA) is 55.4 Å². The average Bonchev–Trinajstić information content (AvgIpc) is 2.55. The van der Waals surface area contributed by atoms with Crippen LogP contribution < -0.4 is 4.72 Å². The average molecular weight is 355 g/mol. The van der Waals surface area contributed by atoms with Crippen molar-refractivity contribution < 1.29 is 21.9 Å². The summed E-state index contributed by atoms with van der Waals surface area (Å²) >= 11 is 0. The Bertz CT molecular complexity index is 811. The molecule has 2 rings (SSSR count). The smallest absolute Gasteiger partial charge is 0.215 e. The van der Waals surface area contributed by atoms with Crippen molar-refractivity contribution in [2.45, 2.75) is 18.3 Å². The molecule has 0 spiro atoms. The van der Waals surface area contributed by atoms with Gasteiger partial charge in [0.05, 0.1) is 5.75 Å². The van der Waals surface area contributed by atoms with Crippen LogP contribution in [0.25, 0.3) is 0 Å². The van der Waals surface area contributed by atoms with Gasteiger partial charge in [0.25, 0.3) is 0 Å². The van der Waals surface area contributed by atoms with Crippen molar-refractivity contribution in [3.8, 4) is 0 Å². The maximum Gasteiger partial charge on any atom is 0.215 e. The van der Waals surface area contributed by atoms with Gasteiger partial charge in [0.1, 0.15) is 17.2 Å². The van der Waals surface area contributed by atoms with Gasteiger partial charge in [0, 0.05) is 24.8 Å². The van der Waals surface area contributed by atoms with Gasteiger partial charge in [-0.2, -0.15) is 0 Å². The van der Waals surface area contributed by atoms with Crippen molar-refractivity contribution in [2.24, 2.45) is 0 Å². The van der Waals surface area contributed by atoms with Crippen LogP contribution in [-0.2, 0) is 26.1 Å². The summed E-state index contributed by atoms with van der Waals surface area (Å²) in [4.78, 5) is 0. The number of hydrogen-bond donors (Lipinski definition) is 1. The summed E-state index contributed by atoms with van der Waals surface area (Å²) in [5, 5.41) is 0. The summed E-state index contributed by atoms with van der Waals surface area (Å²) in [7, 11) is -2.44. The van der Waals surface area contributed by atoms with Crippen LogP contribution in [0.3, 0.4) is 0 Å². The van der Waals surface area contributed by atoms with Gasteiger partial charge in [-0.3, -0.25) is 0 Å². The van der Waals surface area contributed by atoms with Crippen LogP contribution in [0, 0.1) is 11.6 Å². The first-order chi connectivity index (χ1) is 11.3. The molecule has 4 nitrogen and oxygen atoms in total. The zero-order valence-corrected chi connectivity index (χ0v) is 14.2. The first-order valence-electron chi connectivity index (χ1n) is 7.28. The van der Waals surface area contributed by atoms with Crippen LogP contribution in [0.5, 0.6) is 0 Å². The second kappa shape index (κ2) is 7.38. The van der Waals surface area contributed by atoms with Crippen LogP contribution in [0.4, 0.5) is 8.78 Å². The third kappa shape index (κ3) is 4.37. The molecular formula is C17H19F2NO3S. The Kier molecular flexibility index (Phi) is 5.69. The minimum atomic E-state index is -3.81. The molecule has 0 aromatic heterocycles. The third-order valence-corrected chi connectivity index (χ3v) is 5.10. The molecule has 0 saturated heterocycles. The Morgan fingerprint density at radius 2 is 1.62 bits per heavy atom. The van der Waals surface area contributed by atoms with E-state index in [0.717, 1.165) is 0 Å². The number of nitrogens with one attached hydrogen (secondary N) is 1. The van der Waals surface area contributed by atoms with E-state index in [9.17, 15) is 17.2 Å². The van der Waals surface area contributed by atoms with Gasteiger partial charge < -0.3 is 4.74 Å². The summed E-state index contributed by atoms with van der Waals surface area (Å²) in [6, 6.07) is 11.6. The molecule has 24 heavy (non-hydrogen) atoms. The van der Waals surface area contributed by atoms with Crippen LogP contribution in [0.15, 0.2) is 48.5 Å². The molecule has 0 aliphatic carbocycles. The van der Waals surface area contributed by atoms with E-state index >= 15 is 0 Å². The van der Waals surface area contributed by atoms with Crippen molar-refractivity contribution in [3.63, 3.8) is 0 Å². The van der Waals surface area contributed by atoms with Gasteiger partial charge in [0.2, 0.25) is 10.0 Å². The van der Waals surface area contributed by atoms with E-state index in [1.807, 2.05) is 0 Å². The molecule has 0 heterocycles. The number of benzene rings is 2. The summed E-state index contributed by atoms with van der Waals surface area (Å²) in [5.74, 6) is -1.59. The number of ether oxygens (including phenoxy) is 1. The number of hydrogen-bond acceptors (Lipinski definition) is 3. The number of rotatable bonds is 7. The van der Waals surface area contributed by atoms with Crippen molar-refractivity contribution in [1.82, 2.24) is 4.72 Å². The first-order valence-corrected chi connectivity index (χ1v) is 8.93. The Labute approximate surface area is 140 Å². The van der Waals surface area contributed by atoms with E-state index < -0.39 is 33.0 Å². The van der Waals surface area contributed by atoms with Crippen molar-refractivity contribution >= 4 is 10.0 Å². The van der Waals surface area contributed by atoms with Crippen molar-refractivity contribution in [1.29, 1.82) is 0 Å². The molecule has 130 valence electrons. The lowest BCUT2D eigenvalue weighted by molar-refractivity contribution is 0.00409. The van der Waals surface area contributed by atoms with E-state index in [1.165, 1.54) is 43.5 Å². The molecular weight excluding hydrogens is 336 g/mol. The SMILES string of the molecule is COC(C)(CNS(=O)(=O)Cc1ccccc1F)c1ccccc1F. The van der Waals surface area contributed by atoms with Crippen LogP contribution >= 0.6 is 0 Å². The second-order valence-electron chi connectivity index (χ2n) is 5.59. The molecule has 1 N–H and O–H groups in total. The highest BCUT2D eigenvalue weighted by Crippen LogP contribution is 2.26.